The van der Waals surface area contributed by atoms with Gasteiger partial charge in [0.05, 0.1) is 6.10 Å². The van der Waals surface area contributed by atoms with Gasteiger partial charge in [-0.05, 0) is 43.9 Å². The molecule has 0 spiro atoms. The van der Waals surface area contributed by atoms with Crippen molar-refractivity contribution >= 4 is 17.5 Å². The van der Waals surface area contributed by atoms with Crippen LogP contribution in [0.2, 0.25) is 0 Å². The summed E-state index contributed by atoms with van der Waals surface area (Å²) in [4.78, 5) is 28.5. The summed E-state index contributed by atoms with van der Waals surface area (Å²) in [5, 5.41) is 0. The van der Waals surface area contributed by atoms with Gasteiger partial charge in [-0.3, -0.25) is 9.59 Å². The lowest BCUT2D eigenvalue weighted by Gasteiger charge is -2.33. The van der Waals surface area contributed by atoms with Crippen LogP contribution in [0.1, 0.15) is 37.7 Å². The first kappa shape index (κ1) is 18.9. The summed E-state index contributed by atoms with van der Waals surface area (Å²) in [6, 6.07) is 7.98. The summed E-state index contributed by atoms with van der Waals surface area (Å²) < 4.78 is 5.79. The van der Waals surface area contributed by atoms with Gasteiger partial charge in [-0.1, -0.05) is 18.2 Å². The minimum absolute atomic E-state index is 0.114. The Balaban J connectivity index is 1.47. The normalized spacial score (nSPS) is 18.1. The Labute approximate surface area is 155 Å². The number of anilines is 1. The molecule has 2 heterocycles. The van der Waals surface area contributed by atoms with Crippen LogP contribution in [0.4, 0.5) is 5.69 Å². The van der Waals surface area contributed by atoms with Crippen LogP contribution >= 0.6 is 0 Å². The summed E-state index contributed by atoms with van der Waals surface area (Å²) >= 11 is 0. The Bertz CT molecular complexity index is 626. The number of nitrogens with two attached hydrogens (primary N) is 1. The molecule has 6 heteroatoms. The number of aryl methyl sites for hydroxylation is 1. The van der Waals surface area contributed by atoms with Crippen LogP contribution in [0.3, 0.4) is 0 Å². The summed E-state index contributed by atoms with van der Waals surface area (Å²) in [5.41, 5.74) is 7.63. The van der Waals surface area contributed by atoms with E-state index in [9.17, 15) is 9.59 Å². The Morgan fingerprint density at radius 1 is 1.19 bits per heavy atom. The predicted octanol–water partition coefficient (Wildman–Crippen LogP) is 1.71. The second-order valence-electron chi connectivity index (χ2n) is 7.02. The van der Waals surface area contributed by atoms with Crippen LogP contribution in [0.5, 0.6) is 0 Å². The lowest BCUT2D eigenvalue weighted by molar-refractivity contribution is -0.133. The number of para-hydroxylation sites is 1. The minimum Gasteiger partial charge on any atom is -0.378 e. The summed E-state index contributed by atoms with van der Waals surface area (Å²) in [6.45, 7) is 3.27. The van der Waals surface area contributed by atoms with Crippen molar-refractivity contribution < 1.29 is 14.3 Å². The molecule has 3 rings (SSSR count). The zero-order valence-corrected chi connectivity index (χ0v) is 15.4. The molecule has 0 aromatic heterocycles. The van der Waals surface area contributed by atoms with Gasteiger partial charge in [0.1, 0.15) is 0 Å². The van der Waals surface area contributed by atoms with E-state index in [-0.39, 0.29) is 17.9 Å². The molecule has 1 saturated heterocycles. The second kappa shape index (κ2) is 9.14. The molecular formula is C20H29N3O3. The van der Waals surface area contributed by atoms with Crippen LogP contribution in [-0.2, 0) is 20.7 Å². The first-order valence-corrected chi connectivity index (χ1v) is 9.66. The van der Waals surface area contributed by atoms with Crippen molar-refractivity contribution in [3.63, 3.8) is 0 Å². The minimum atomic E-state index is 0.114. The molecule has 6 nitrogen and oxygen atoms in total. The maximum Gasteiger partial charge on any atom is 0.227 e. The van der Waals surface area contributed by atoms with Crippen LogP contribution in [0.15, 0.2) is 24.3 Å². The van der Waals surface area contributed by atoms with E-state index in [1.807, 2.05) is 23.1 Å². The number of carbonyl (C=O) groups excluding carboxylic acids is 2. The van der Waals surface area contributed by atoms with Crippen LogP contribution in [0.25, 0.3) is 0 Å². The Morgan fingerprint density at radius 3 is 2.73 bits per heavy atom. The molecule has 1 aromatic carbocycles. The molecule has 0 aliphatic carbocycles. The van der Waals surface area contributed by atoms with E-state index in [1.165, 1.54) is 5.56 Å². The highest BCUT2D eigenvalue weighted by Gasteiger charge is 2.27. The van der Waals surface area contributed by atoms with Crippen LogP contribution in [0, 0.1) is 0 Å². The highest BCUT2D eigenvalue weighted by atomic mass is 16.5. The molecule has 0 atom stereocenters. The lowest BCUT2D eigenvalue weighted by atomic mass is 10.0. The fourth-order valence-corrected chi connectivity index (χ4v) is 3.71. The molecule has 142 valence electrons. The molecule has 0 bridgehead atoms. The van der Waals surface area contributed by atoms with Crippen molar-refractivity contribution in [2.75, 3.05) is 37.7 Å². The van der Waals surface area contributed by atoms with Gasteiger partial charge in [0.15, 0.2) is 0 Å². The Hall–Kier alpha value is -1.92. The van der Waals surface area contributed by atoms with Crippen molar-refractivity contribution in [1.29, 1.82) is 0 Å². The third kappa shape index (κ3) is 4.62. The molecular weight excluding hydrogens is 330 g/mol. The maximum absolute atomic E-state index is 12.6. The predicted molar refractivity (Wildman–Crippen MR) is 101 cm³/mol. The van der Waals surface area contributed by atoms with Gasteiger partial charge in [0.2, 0.25) is 11.8 Å². The molecule has 2 amide bonds. The highest BCUT2D eigenvalue weighted by Crippen LogP contribution is 2.27. The van der Waals surface area contributed by atoms with E-state index in [4.69, 9.17) is 10.5 Å². The van der Waals surface area contributed by atoms with Gasteiger partial charge in [0, 0.05) is 44.8 Å². The number of hydrogen-bond acceptors (Lipinski definition) is 4. The van der Waals surface area contributed by atoms with Crippen molar-refractivity contribution in [1.82, 2.24) is 4.90 Å². The van der Waals surface area contributed by atoms with E-state index in [2.05, 4.69) is 6.07 Å². The third-order valence-electron chi connectivity index (χ3n) is 5.24. The number of carbonyl (C=O) groups is 2. The first-order chi connectivity index (χ1) is 12.7. The number of piperidine rings is 1. The fourth-order valence-electron chi connectivity index (χ4n) is 3.71. The van der Waals surface area contributed by atoms with Crippen LogP contribution in [-0.4, -0.2) is 55.6 Å². The third-order valence-corrected chi connectivity index (χ3v) is 5.24. The van der Waals surface area contributed by atoms with Gasteiger partial charge < -0.3 is 20.3 Å². The van der Waals surface area contributed by atoms with Gasteiger partial charge in [-0.25, -0.2) is 0 Å². The number of nitrogens with zero attached hydrogens (tertiary/aromatic N) is 2. The molecule has 0 unspecified atom stereocenters. The van der Waals surface area contributed by atoms with E-state index >= 15 is 0 Å². The number of rotatable bonds is 7. The average Bonchev–Trinajstić information content (AvgIpc) is 2.68. The zero-order chi connectivity index (χ0) is 18.4. The van der Waals surface area contributed by atoms with E-state index < -0.39 is 0 Å². The van der Waals surface area contributed by atoms with E-state index in [0.29, 0.717) is 32.5 Å². The topological polar surface area (TPSA) is 75.9 Å². The summed E-state index contributed by atoms with van der Waals surface area (Å²) in [5.74, 6) is 0.241. The number of likely N-dealkylation sites (tertiary alicyclic amines) is 1. The second-order valence-corrected chi connectivity index (χ2v) is 7.02. The Morgan fingerprint density at radius 2 is 1.96 bits per heavy atom. The quantitative estimate of drug-likeness (QED) is 0.752. The molecule has 2 N–H and O–H groups in total. The van der Waals surface area contributed by atoms with Gasteiger partial charge in [-0.15, -0.1) is 0 Å². The monoisotopic (exact) mass is 359 g/mol. The fraction of sp³-hybridized carbons (Fsp3) is 0.600. The average molecular weight is 359 g/mol. The molecule has 2 aliphatic rings. The Kier molecular flexibility index (Phi) is 6.63. The summed E-state index contributed by atoms with van der Waals surface area (Å²) in [6.07, 6.45) is 4.56. The largest absolute Gasteiger partial charge is 0.378 e. The smallest absolute Gasteiger partial charge is 0.227 e. The molecule has 26 heavy (non-hydrogen) atoms. The first-order valence-electron chi connectivity index (χ1n) is 9.66. The number of hydrogen-bond donors (Lipinski definition) is 1. The van der Waals surface area contributed by atoms with Crippen molar-refractivity contribution in [2.45, 2.75) is 44.6 Å². The standard InChI is InChI=1S/C20H29N3O3/c21-11-3-15-26-17-8-12-22(13-9-17)19(24)10-14-23-18-5-2-1-4-16(18)6-7-20(23)25/h1-2,4-5,17H,3,6-15,21H2. The highest BCUT2D eigenvalue weighted by molar-refractivity contribution is 5.97. The van der Waals surface area contributed by atoms with Gasteiger partial charge in [-0.2, -0.15) is 0 Å². The number of ether oxygens (including phenoxy) is 1. The summed E-state index contributed by atoms with van der Waals surface area (Å²) in [7, 11) is 0. The molecule has 1 aromatic rings. The van der Waals surface area contributed by atoms with Crippen LogP contribution < -0.4 is 10.6 Å². The zero-order valence-electron chi connectivity index (χ0n) is 15.4. The molecule has 2 aliphatic heterocycles. The molecule has 0 radical (unpaired) electrons. The van der Waals surface area contributed by atoms with E-state index in [1.54, 1.807) is 4.90 Å². The van der Waals surface area contributed by atoms with E-state index in [0.717, 1.165) is 44.5 Å². The molecule has 1 fully saturated rings. The van der Waals surface area contributed by atoms with Crippen molar-refractivity contribution in [3.05, 3.63) is 29.8 Å². The van der Waals surface area contributed by atoms with Crippen molar-refractivity contribution in [3.8, 4) is 0 Å². The maximum atomic E-state index is 12.6. The van der Waals surface area contributed by atoms with Crippen molar-refractivity contribution in [2.24, 2.45) is 5.73 Å². The molecule has 0 saturated carbocycles. The SMILES string of the molecule is NCCCOC1CCN(C(=O)CCN2C(=O)CCc3ccccc32)CC1. The van der Waals surface area contributed by atoms with Gasteiger partial charge in [0.25, 0.3) is 0 Å². The van der Waals surface area contributed by atoms with Gasteiger partial charge >= 0.3 is 0 Å². The number of amides is 2. The number of benzene rings is 1. The number of fused-ring (bicyclic) bond motifs is 1. The lowest BCUT2D eigenvalue weighted by Crippen LogP contribution is -2.43.